The standard InChI is InChI=1S/C13H25NO3/c1-9(12(16)17-13(2,3)4)14(5)8-10-6-11(15)7-10/h9-11,15H,6-8H2,1-5H3. The maximum Gasteiger partial charge on any atom is 0.323 e. The molecule has 0 bridgehead atoms. The van der Waals surface area contributed by atoms with Crippen molar-refractivity contribution in [3.8, 4) is 0 Å². The molecule has 0 heterocycles. The third-order valence-corrected chi connectivity index (χ3v) is 3.17. The van der Waals surface area contributed by atoms with E-state index < -0.39 is 5.60 Å². The van der Waals surface area contributed by atoms with Gasteiger partial charge in [0, 0.05) is 6.54 Å². The van der Waals surface area contributed by atoms with Crippen LogP contribution in [0.1, 0.15) is 40.5 Å². The van der Waals surface area contributed by atoms with Gasteiger partial charge in [-0.05, 0) is 53.5 Å². The minimum Gasteiger partial charge on any atom is -0.459 e. The van der Waals surface area contributed by atoms with Crippen LogP contribution in [0.3, 0.4) is 0 Å². The van der Waals surface area contributed by atoms with E-state index >= 15 is 0 Å². The van der Waals surface area contributed by atoms with E-state index in [2.05, 4.69) is 0 Å². The Morgan fingerprint density at radius 1 is 1.47 bits per heavy atom. The molecule has 100 valence electrons. The summed E-state index contributed by atoms with van der Waals surface area (Å²) in [6.07, 6.45) is 1.57. The van der Waals surface area contributed by atoms with E-state index in [0.29, 0.717) is 5.92 Å². The number of likely N-dealkylation sites (N-methyl/N-ethyl adjacent to an activating group) is 1. The summed E-state index contributed by atoms with van der Waals surface area (Å²) in [5, 5.41) is 9.22. The SMILES string of the molecule is CC(C(=O)OC(C)(C)C)N(C)CC1CC(O)C1. The summed E-state index contributed by atoms with van der Waals surface area (Å²) in [5.74, 6) is 0.333. The topological polar surface area (TPSA) is 49.8 Å². The lowest BCUT2D eigenvalue weighted by Gasteiger charge is -2.36. The minimum atomic E-state index is -0.432. The molecular formula is C13H25NO3. The Morgan fingerprint density at radius 2 is 2.00 bits per heavy atom. The molecule has 0 amide bonds. The van der Waals surface area contributed by atoms with Crippen LogP contribution in [-0.4, -0.2) is 47.3 Å². The largest absolute Gasteiger partial charge is 0.459 e. The van der Waals surface area contributed by atoms with Gasteiger partial charge in [-0.25, -0.2) is 0 Å². The van der Waals surface area contributed by atoms with Gasteiger partial charge in [0.1, 0.15) is 11.6 Å². The fraction of sp³-hybridized carbons (Fsp3) is 0.923. The molecule has 0 saturated heterocycles. The number of hydrogen-bond acceptors (Lipinski definition) is 4. The zero-order valence-corrected chi connectivity index (χ0v) is 11.6. The van der Waals surface area contributed by atoms with Crippen molar-refractivity contribution in [1.29, 1.82) is 0 Å². The van der Waals surface area contributed by atoms with Gasteiger partial charge in [0.05, 0.1) is 6.10 Å². The lowest BCUT2D eigenvalue weighted by Crippen LogP contribution is -2.45. The number of nitrogens with zero attached hydrogens (tertiary/aromatic N) is 1. The van der Waals surface area contributed by atoms with Gasteiger partial charge >= 0.3 is 5.97 Å². The van der Waals surface area contributed by atoms with Crippen molar-refractivity contribution in [3.63, 3.8) is 0 Å². The highest BCUT2D eigenvalue weighted by molar-refractivity contribution is 5.75. The number of carbonyl (C=O) groups excluding carboxylic acids is 1. The summed E-state index contributed by atoms with van der Waals surface area (Å²) in [7, 11) is 1.93. The first-order valence-electron chi connectivity index (χ1n) is 6.30. The number of carbonyl (C=O) groups is 1. The van der Waals surface area contributed by atoms with Crippen LogP contribution in [0.15, 0.2) is 0 Å². The van der Waals surface area contributed by atoms with Crippen LogP contribution in [0.4, 0.5) is 0 Å². The summed E-state index contributed by atoms with van der Waals surface area (Å²) in [6.45, 7) is 8.33. The van der Waals surface area contributed by atoms with Crippen LogP contribution in [0, 0.1) is 5.92 Å². The normalized spacial score (nSPS) is 26.5. The summed E-state index contributed by atoms with van der Waals surface area (Å²) < 4.78 is 5.34. The maximum absolute atomic E-state index is 11.8. The molecule has 4 heteroatoms. The van der Waals surface area contributed by atoms with Crippen LogP contribution >= 0.6 is 0 Å². The lowest BCUT2D eigenvalue weighted by atomic mass is 9.82. The molecule has 1 aliphatic carbocycles. The highest BCUT2D eigenvalue weighted by Crippen LogP contribution is 2.28. The highest BCUT2D eigenvalue weighted by atomic mass is 16.6. The fourth-order valence-electron chi connectivity index (χ4n) is 1.98. The predicted octanol–water partition coefficient (Wildman–Crippen LogP) is 1.42. The molecule has 1 fully saturated rings. The summed E-state index contributed by atoms with van der Waals surface area (Å²) in [4.78, 5) is 13.8. The summed E-state index contributed by atoms with van der Waals surface area (Å²) in [6, 6.07) is -0.230. The fourth-order valence-corrected chi connectivity index (χ4v) is 1.98. The molecule has 4 nitrogen and oxygen atoms in total. The Hall–Kier alpha value is -0.610. The number of ether oxygens (including phenoxy) is 1. The zero-order chi connectivity index (χ0) is 13.2. The third kappa shape index (κ3) is 4.64. The summed E-state index contributed by atoms with van der Waals surface area (Å²) in [5.41, 5.74) is -0.432. The quantitative estimate of drug-likeness (QED) is 0.759. The summed E-state index contributed by atoms with van der Waals surface area (Å²) >= 11 is 0. The van der Waals surface area contributed by atoms with Gasteiger partial charge < -0.3 is 9.84 Å². The van der Waals surface area contributed by atoms with E-state index in [-0.39, 0.29) is 18.1 Å². The van der Waals surface area contributed by atoms with E-state index in [9.17, 15) is 9.90 Å². The number of esters is 1. The Kier molecular flexibility index (Phi) is 4.55. The highest BCUT2D eigenvalue weighted by Gasteiger charge is 2.31. The Balaban J connectivity index is 2.35. The lowest BCUT2D eigenvalue weighted by molar-refractivity contribution is -0.160. The molecular weight excluding hydrogens is 218 g/mol. The Bertz CT molecular complexity index is 266. The molecule has 1 atom stereocenters. The van der Waals surface area contributed by atoms with Gasteiger partial charge in [-0.1, -0.05) is 0 Å². The first-order chi connectivity index (χ1) is 7.69. The molecule has 0 spiro atoms. The number of aliphatic hydroxyl groups is 1. The molecule has 0 aromatic heterocycles. The number of rotatable bonds is 4. The van der Waals surface area contributed by atoms with Crippen molar-refractivity contribution >= 4 is 5.97 Å². The van der Waals surface area contributed by atoms with Crippen LogP contribution in [-0.2, 0) is 9.53 Å². The van der Waals surface area contributed by atoms with E-state index in [1.807, 2.05) is 39.6 Å². The zero-order valence-electron chi connectivity index (χ0n) is 11.6. The molecule has 0 aromatic rings. The van der Waals surface area contributed by atoms with E-state index in [0.717, 1.165) is 19.4 Å². The Labute approximate surface area is 104 Å². The van der Waals surface area contributed by atoms with Gasteiger partial charge in [-0.2, -0.15) is 0 Å². The average Bonchev–Trinajstić information content (AvgIpc) is 2.11. The van der Waals surface area contributed by atoms with Gasteiger partial charge in [-0.3, -0.25) is 9.69 Å². The second-order valence-corrected chi connectivity index (χ2v) is 6.14. The molecule has 1 saturated carbocycles. The predicted molar refractivity (Wildman–Crippen MR) is 66.7 cm³/mol. The van der Waals surface area contributed by atoms with Crippen molar-refractivity contribution in [1.82, 2.24) is 4.90 Å². The van der Waals surface area contributed by atoms with E-state index in [4.69, 9.17) is 4.74 Å². The molecule has 1 rings (SSSR count). The molecule has 0 aromatic carbocycles. The van der Waals surface area contributed by atoms with Crippen molar-refractivity contribution in [3.05, 3.63) is 0 Å². The van der Waals surface area contributed by atoms with Crippen molar-refractivity contribution in [2.24, 2.45) is 5.92 Å². The number of aliphatic hydroxyl groups excluding tert-OH is 1. The number of hydrogen-bond donors (Lipinski definition) is 1. The van der Waals surface area contributed by atoms with Gasteiger partial charge in [0.2, 0.25) is 0 Å². The first kappa shape index (κ1) is 14.5. The van der Waals surface area contributed by atoms with Crippen LogP contribution in [0.2, 0.25) is 0 Å². The van der Waals surface area contributed by atoms with Gasteiger partial charge in [0.15, 0.2) is 0 Å². The van der Waals surface area contributed by atoms with Gasteiger partial charge in [0.25, 0.3) is 0 Å². The van der Waals surface area contributed by atoms with Crippen molar-refractivity contribution < 1.29 is 14.6 Å². The average molecular weight is 243 g/mol. The second kappa shape index (κ2) is 5.36. The van der Waals surface area contributed by atoms with E-state index in [1.54, 1.807) is 0 Å². The van der Waals surface area contributed by atoms with Gasteiger partial charge in [-0.15, -0.1) is 0 Å². The molecule has 0 radical (unpaired) electrons. The monoisotopic (exact) mass is 243 g/mol. The smallest absolute Gasteiger partial charge is 0.323 e. The van der Waals surface area contributed by atoms with Crippen molar-refractivity contribution in [2.45, 2.75) is 58.3 Å². The van der Waals surface area contributed by atoms with Crippen LogP contribution < -0.4 is 0 Å². The minimum absolute atomic E-state index is 0.134. The first-order valence-corrected chi connectivity index (χ1v) is 6.30. The molecule has 17 heavy (non-hydrogen) atoms. The van der Waals surface area contributed by atoms with E-state index in [1.165, 1.54) is 0 Å². The van der Waals surface area contributed by atoms with Crippen LogP contribution in [0.25, 0.3) is 0 Å². The second-order valence-electron chi connectivity index (χ2n) is 6.14. The molecule has 1 aliphatic rings. The maximum atomic E-state index is 11.8. The van der Waals surface area contributed by atoms with Crippen molar-refractivity contribution in [2.75, 3.05) is 13.6 Å². The molecule has 1 N–H and O–H groups in total. The molecule has 1 unspecified atom stereocenters. The third-order valence-electron chi connectivity index (χ3n) is 3.17. The molecule has 0 aliphatic heterocycles. The van der Waals surface area contributed by atoms with Crippen LogP contribution in [0.5, 0.6) is 0 Å². The Morgan fingerprint density at radius 3 is 2.41 bits per heavy atom.